The fraction of sp³-hybridized carbons (Fsp3) is 0.111. The molecule has 0 aliphatic heterocycles. The first kappa shape index (κ1) is 7.68. The van der Waals surface area contributed by atoms with Gasteiger partial charge in [0.2, 0.25) is 0 Å². The molecule has 0 bridgehead atoms. The van der Waals surface area contributed by atoms with Crippen LogP contribution >= 0.6 is 11.6 Å². The maximum atomic E-state index is 5.99. The van der Waals surface area contributed by atoms with Gasteiger partial charge >= 0.3 is 80.6 Å². The molecule has 0 radical (unpaired) electrons. The third-order valence-electron chi connectivity index (χ3n) is 1.68. The van der Waals surface area contributed by atoms with E-state index in [0.717, 1.165) is 5.02 Å². The third-order valence-corrected chi connectivity index (χ3v) is 5.10. The Morgan fingerprint density at radius 3 is 3.00 bits per heavy atom. The number of aryl methyl sites for hydroxylation is 1. The molecule has 0 aliphatic rings. The molecule has 0 nitrogen and oxygen atoms in total. The van der Waals surface area contributed by atoms with Crippen LogP contribution in [-0.4, -0.2) is 20.4 Å². The molecule has 0 unspecified atom stereocenters. The van der Waals surface area contributed by atoms with Gasteiger partial charge in [0.25, 0.3) is 0 Å². The van der Waals surface area contributed by atoms with Gasteiger partial charge in [0.05, 0.1) is 0 Å². The molecular formula is C9H7ClTe. The minimum absolute atomic E-state index is 0.0966. The molecule has 56 valence electrons. The normalized spacial score (nSPS) is 10.7. The van der Waals surface area contributed by atoms with E-state index in [1.165, 1.54) is 14.4 Å². The SMILES string of the molecule is Cc1ccc2c(Cl)c[te]c2c1. The van der Waals surface area contributed by atoms with Gasteiger partial charge in [0.15, 0.2) is 0 Å². The average molecular weight is 278 g/mol. The Morgan fingerprint density at radius 2 is 2.18 bits per heavy atom. The molecule has 2 heteroatoms. The van der Waals surface area contributed by atoms with E-state index in [-0.39, 0.29) is 20.4 Å². The van der Waals surface area contributed by atoms with E-state index in [0.29, 0.717) is 0 Å². The van der Waals surface area contributed by atoms with E-state index in [4.69, 9.17) is 11.6 Å². The molecule has 1 aromatic heterocycles. The molecule has 0 saturated heterocycles. The fourth-order valence-corrected chi connectivity index (χ4v) is 4.36. The fourth-order valence-electron chi connectivity index (χ4n) is 1.10. The van der Waals surface area contributed by atoms with Crippen molar-refractivity contribution >= 4 is 40.8 Å². The summed E-state index contributed by atoms with van der Waals surface area (Å²) in [6.07, 6.45) is 0. The quantitative estimate of drug-likeness (QED) is 0.650. The molecule has 11 heavy (non-hydrogen) atoms. The summed E-state index contributed by atoms with van der Waals surface area (Å²) >= 11 is 5.89. The molecule has 0 spiro atoms. The van der Waals surface area contributed by atoms with Crippen molar-refractivity contribution in [3.63, 3.8) is 0 Å². The van der Waals surface area contributed by atoms with Gasteiger partial charge in [-0.15, -0.1) is 0 Å². The van der Waals surface area contributed by atoms with E-state index in [1.54, 1.807) is 0 Å². The molecular weight excluding hydrogens is 271 g/mol. The van der Waals surface area contributed by atoms with Crippen molar-refractivity contribution in [2.45, 2.75) is 6.92 Å². The Balaban J connectivity index is 2.86. The Morgan fingerprint density at radius 1 is 1.36 bits per heavy atom. The zero-order valence-electron chi connectivity index (χ0n) is 6.10. The average Bonchev–Trinajstić information content (AvgIpc) is 2.32. The molecule has 0 amide bonds. The summed E-state index contributed by atoms with van der Waals surface area (Å²) in [7, 11) is 0. The molecule has 1 heterocycles. The number of hydrogen-bond acceptors (Lipinski definition) is 0. The minimum atomic E-state index is -0.0966. The number of hydrogen-bond donors (Lipinski definition) is 0. The Bertz CT molecular complexity index is 389. The van der Waals surface area contributed by atoms with Crippen molar-refractivity contribution in [1.82, 2.24) is 0 Å². The molecule has 2 rings (SSSR count). The first-order valence-electron chi connectivity index (χ1n) is 3.41. The molecule has 0 N–H and O–H groups in total. The molecule has 2 aromatic rings. The van der Waals surface area contributed by atoms with Crippen LogP contribution in [0.25, 0.3) is 8.79 Å². The van der Waals surface area contributed by atoms with Gasteiger partial charge in [-0.1, -0.05) is 0 Å². The zero-order chi connectivity index (χ0) is 7.84. The molecule has 0 fully saturated rings. The Kier molecular flexibility index (Phi) is 1.97. The van der Waals surface area contributed by atoms with Gasteiger partial charge in [0.1, 0.15) is 0 Å². The van der Waals surface area contributed by atoms with E-state index >= 15 is 0 Å². The monoisotopic (exact) mass is 280 g/mol. The van der Waals surface area contributed by atoms with E-state index in [2.05, 4.69) is 29.2 Å². The molecule has 0 saturated carbocycles. The topological polar surface area (TPSA) is 0 Å². The van der Waals surface area contributed by atoms with Gasteiger partial charge in [-0.05, 0) is 0 Å². The second kappa shape index (κ2) is 2.83. The van der Waals surface area contributed by atoms with Crippen molar-refractivity contribution in [1.29, 1.82) is 0 Å². The summed E-state index contributed by atoms with van der Waals surface area (Å²) in [4.78, 5) is 0. The van der Waals surface area contributed by atoms with Crippen LogP contribution in [0.3, 0.4) is 0 Å². The van der Waals surface area contributed by atoms with Gasteiger partial charge in [0, 0.05) is 0 Å². The molecule has 0 atom stereocenters. The van der Waals surface area contributed by atoms with Gasteiger partial charge < -0.3 is 0 Å². The van der Waals surface area contributed by atoms with Crippen molar-refractivity contribution in [2.75, 3.05) is 0 Å². The van der Waals surface area contributed by atoms with Crippen LogP contribution in [0.5, 0.6) is 0 Å². The third kappa shape index (κ3) is 1.34. The standard InChI is InChI=1S/C9H7ClTe/c1-6-2-3-7-8(10)5-11-9(7)4-6/h2-5H,1H3. The Labute approximate surface area is 80.4 Å². The number of fused-ring (bicyclic) bond motifs is 1. The maximum absolute atomic E-state index is 5.99. The van der Waals surface area contributed by atoms with Crippen molar-refractivity contribution in [3.05, 3.63) is 32.9 Å². The first-order chi connectivity index (χ1) is 5.27. The van der Waals surface area contributed by atoms with Crippen molar-refractivity contribution in [3.8, 4) is 0 Å². The van der Waals surface area contributed by atoms with Crippen LogP contribution in [0, 0.1) is 6.92 Å². The van der Waals surface area contributed by atoms with Crippen LogP contribution in [0.1, 0.15) is 5.56 Å². The van der Waals surface area contributed by atoms with Gasteiger partial charge in [-0.3, -0.25) is 0 Å². The molecule has 0 aliphatic carbocycles. The van der Waals surface area contributed by atoms with Gasteiger partial charge in [-0.2, -0.15) is 0 Å². The van der Waals surface area contributed by atoms with Crippen LogP contribution < -0.4 is 0 Å². The second-order valence-electron chi connectivity index (χ2n) is 2.58. The summed E-state index contributed by atoms with van der Waals surface area (Å²) in [6, 6.07) is 6.50. The van der Waals surface area contributed by atoms with Crippen LogP contribution in [0.15, 0.2) is 22.3 Å². The number of benzene rings is 1. The summed E-state index contributed by atoms with van der Waals surface area (Å²) < 4.78 is 3.68. The van der Waals surface area contributed by atoms with Crippen LogP contribution in [0.2, 0.25) is 5.02 Å². The van der Waals surface area contributed by atoms with E-state index in [9.17, 15) is 0 Å². The summed E-state index contributed by atoms with van der Waals surface area (Å²) in [5, 5.41) is 2.22. The predicted molar refractivity (Wildman–Crippen MR) is 50.6 cm³/mol. The van der Waals surface area contributed by atoms with E-state index in [1.807, 2.05) is 0 Å². The van der Waals surface area contributed by atoms with Crippen molar-refractivity contribution in [2.24, 2.45) is 0 Å². The van der Waals surface area contributed by atoms with E-state index < -0.39 is 0 Å². The van der Waals surface area contributed by atoms with Crippen LogP contribution in [0.4, 0.5) is 0 Å². The van der Waals surface area contributed by atoms with Gasteiger partial charge in [-0.25, -0.2) is 0 Å². The first-order valence-corrected chi connectivity index (χ1v) is 6.29. The van der Waals surface area contributed by atoms with Crippen LogP contribution in [-0.2, 0) is 0 Å². The number of rotatable bonds is 0. The summed E-state index contributed by atoms with van der Waals surface area (Å²) in [5.74, 6) is 0. The molecule has 1 aromatic carbocycles. The Hall–Kier alpha value is 0.0396. The zero-order valence-corrected chi connectivity index (χ0v) is 9.18. The number of halogens is 1. The second-order valence-corrected chi connectivity index (χ2v) is 5.59. The summed E-state index contributed by atoms with van der Waals surface area (Å²) in [5.41, 5.74) is 1.34. The predicted octanol–water partition coefficient (Wildman–Crippen LogP) is 2.86. The van der Waals surface area contributed by atoms with Crippen molar-refractivity contribution < 1.29 is 0 Å². The summed E-state index contributed by atoms with van der Waals surface area (Å²) in [6.45, 7) is 2.12.